The van der Waals surface area contributed by atoms with Crippen molar-refractivity contribution >= 4 is 39.7 Å². The van der Waals surface area contributed by atoms with E-state index in [2.05, 4.69) is 52.8 Å². The molecule has 1 aromatic carbocycles. The van der Waals surface area contributed by atoms with E-state index in [1.54, 1.807) is 0 Å². The normalized spacial score (nSPS) is 15.9. The number of hydrogen-bond donors (Lipinski definition) is 5. The highest BCUT2D eigenvalue weighted by Gasteiger charge is 2.23. The lowest BCUT2D eigenvalue weighted by molar-refractivity contribution is 0.409. The van der Waals surface area contributed by atoms with Gasteiger partial charge in [-0.1, -0.05) is 0 Å². The molecule has 2 aliphatic heterocycles. The van der Waals surface area contributed by atoms with Gasteiger partial charge in [0.2, 0.25) is 5.95 Å². The lowest BCUT2D eigenvalue weighted by atomic mass is 9.94. The van der Waals surface area contributed by atoms with Crippen LogP contribution in [0.15, 0.2) is 29.2 Å². The molecular formula is C19H20N10O. The smallest absolute Gasteiger partial charge is 0.277 e. The van der Waals surface area contributed by atoms with Gasteiger partial charge >= 0.3 is 0 Å². The maximum atomic E-state index is 12.5. The Balaban J connectivity index is 1.50. The van der Waals surface area contributed by atoms with E-state index in [1.165, 1.54) is 6.20 Å². The Morgan fingerprint density at radius 2 is 2.03 bits per heavy atom. The number of aromatic nitrogens is 4. The van der Waals surface area contributed by atoms with Crippen molar-refractivity contribution in [3.8, 4) is 6.07 Å². The van der Waals surface area contributed by atoms with Gasteiger partial charge in [-0.2, -0.15) is 15.3 Å². The Morgan fingerprint density at radius 1 is 1.20 bits per heavy atom. The van der Waals surface area contributed by atoms with Crippen LogP contribution >= 0.6 is 0 Å². The zero-order valence-electron chi connectivity index (χ0n) is 16.1. The number of benzene rings is 1. The summed E-state index contributed by atoms with van der Waals surface area (Å²) in [5.41, 5.74) is 11.6. The number of nitrogens with zero attached hydrogens (tertiary/aromatic N) is 5. The summed E-state index contributed by atoms with van der Waals surface area (Å²) in [5.74, 6) is 1.39. The molecule has 0 unspecified atom stereocenters. The molecule has 2 aromatic heterocycles. The van der Waals surface area contributed by atoms with Crippen LogP contribution in [-0.2, 0) is 0 Å². The molecule has 30 heavy (non-hydrogen) atoms. The molecule has 2 aliphatic rings. The number of piperidine rings is 1. The number of fused-ring (bicyclic) bond motifs is 2. The second kappa shape index (κ2) is 7.49. The summed E-state index contributed by atoms with van der Waals surface area (Å²) in [5, 5.41) is 18.9. The Labute approximate surface area is 171 Å². The summed E-state index contributed by atoms with van der Waals surface area (Å²) >= 11 is 0. The van der Waals surface area contributed by atoms with E-state index in [1.807, 2.05) is 18.2 Å². The average molecular weight is 404 g/mol. The highest BCUT2D eigenvalue weighted by Crippen LogP contribution is 2.31. The molecule has 0 aliphatic carbocycles. The minimum absolute atomic E-state index is 0.350. The number of hydrazine groups is 2. The molecule has 3 aromatic rings. The SMILES string of the molecule is N#CCC1CCN(c2nc(Nc3ccc4c(c3)NNN4)c3c(=O)[nH]ncc3n2)CC1. The van der Waals surface area contributed by atoms with Crippen molar-refractivity contribution < 1.29 is 0 Å². The standard InChI is InChI=1S/C19H20N10O/c20-6-3-11-4-7-29(8-5-11)19-23-15-10-21-27-18(30)16(15)17(24-19)22-12-1-2-13-14(9-12)26-28-25-13/h1-2,9-11,25-26,28H,3-5,7-8H2,(H,27,30)(H,22,23,24). The van der Waals surface area contributed by atoms with Crippen LogP contribution in [0, 0.1) is 17.2 Å². The van der Waals surface area contributed by atoms with Crippen LogP contribution in [0.4, 0.5) is 28.8 Å². The molecule has 0 spiro atoms. The molecule has 1 saturated heterocycles. The Bertz CT molecular complexity index is 1190. The lowest BCUT2D eigenvalue weighted by Crippen LogP contribution is -2.35. The minimum Gasteiger partial charge on any atom is -0.341 e. The zero-order valence-corrected chi connectivity index (χ0v) is 16.1. The topological polar surface area (TPSA) is 147 Å². The molecule has 0 atom stereocenters. The van der Waals surface area contributed by atoms with Gasteiger partial charge in [-0.05, 0) is 37.0 Å². The largest absolute Gasteiger partial charge is 0.341 e. The molecule has 5 N–H and O–H groups in total. The monoisotopic (exact) mass is 404 g/mol. The fraction of sp³-hybridized carbons (Fsp3) is 0.316. The van der Waals surface area contributed by atoms with Gasteiger partial charge in [-0.15, -0.1) is 5.53 Å². The second-order valence-corrected chi connectivity index (χ2v) is 7.38. The maximum Gasteiger partial charge on any atom is 0.277 e. The first-order chi connectivity index (χ1) is 14.7. The van der Waals surface area contributed by atoms with E-state index in [0.29, 0.717) is 35.0 Å². The number of aromatic amines is 1. The van der Waals surface area contributed by atoms with Gasteiger partial charge < -0.3 is 21.1 Å². The Kier molecular flexibility index (Phi) is 4.53. The van der Waals surface area contributed by atoms with E-state index in [-0.39, 0.29) is 5.56 Å². The predicted octanol–water partition coefficient (Wildman–Crippen LogP) is 1.84. The number of hydrogen-bond acceptors (Lipinski definition) is 10. The van der Waals surface area contributed by atoms with Gasteiger partial charge in [0.05, 0.1) is 23.6 Å². The highest BCUT2D eigenvalue weighted by molar-refractivity contribution is 5.91. The number of rotatable bonds is 4. The molecule has 0 bridgehead atoms. The fourth-order valence-corrected chi connectivity index (χ4v) is 3.83. The van der Waals surface area contributed by atoms with Gasteiger partial charge in [0.25, 0.3) is 5.56 Å². The van der Waals surface area contributed by atoms with Crippen molar-refractivity contribution in [3.05, 3.63) is 34.7 Å². The van der Waals surface area contributed by atoms with Gasteiger partial charge in [-0.25, -0.2) is 10.1 Å². The van der Waals surface area contributed by atoms with Crippen LogP contribution < -0.4 is 32.2 Å². The molecule has 11 nitrogen and oxygen atoms in total. The molecule has 1 fully saturated rings. The summed E-state index contributed by atoms with van der Waals surface area (Å²) in [6.45, 7) is 1.54. The van der Waals surface area contributed by atoms with Gasteiger partial charge in [0.1, 0.15) is 16.7 Å². The Hall–Kier alpha value is -3.91. The lowest BCUT2D eigenvalue weighted by Gasteiger charge is -2.31. The fourth-order valence-electron chi connectivity index (χ4n) is 3.83. The van der Waals surface area contributed by atoms with E-state index in [4.69, 9.17) is 5.26 Å². The van der Waals surface area contributed by atoms with Gasteiger partial charge in [0, 0.05) is 25.2 Å². The first kappa shape index (κ1) is 18.1. The van der Waals surface area contributed by atoms with Crippen LogP contribution in [0.5, 0.6) is 0 Å². The zero-order chi connectivity index (χ0) is 20.5. The quantitative estimate of drug-likeness (QED) is 0.436. The third-order valence-electron chi connectivity index (χ3n) is 5.46. The number of nitrogens with one attached hydrogen (secondary N) is 5. The molecule has 152 valence electrons. The van der Waals surface area contributed by atoms with Gasteiger partial charge in [-0.3, -0.25) is 4.79 Å². The van der Waals surface area contributed by atoms with Crippen LogP contribution in [0.3, 0.4) is 0 Å². The van der Waals surface area contributed by atoms with Crippen LogP contribution in [0.25, 0.3) is 10.9 Å². The van der Waals surface area contributed by atoms with Crippen LogP contribution in [-0.4, -0.2) is 33.3 Å². The number of H-pyrrole nitrogens is 1. The summed E-state index contributed by atoms with van der Waals surface area (Å²) in [7, 11) is 0. The second-order valence-electron chi connectivity index (χ2n) is 7.38. The van der Waals surface area contributed by atoms with E-state index in [0.717, 1.165) is 43.0 Å². The van der Waals surface area contributed by atoms with Crippen LogP contribution in [0.1, 0.15) is 19.3 Å². The molecule has 0 saturated carbocycles. The van der Waals surface area contributed by atoms with Gasteiger partial charge in [0.15, 0.2) is 0 Å². The minimum atomic E-state index is -0.350. The number of anilines is 5. The summed E-state index contributed by atoms with van der Waals surface area (Å²) in [6, 6.07) is 7.99. The first-order valence-electron chi connectivity index (χ1n) is 9.77. The Morgan fingerprint density at radius 3 is 2.87 bits per heavy atom. The van der Waals surface area contributed by atoms with E-state index < -0.39 is 0 Å². The predicted molar refractivity (Wildman–Crippen MR) is 113 cm³/mol. The molecular weight excluding hydrogens is 384 g/mol. The first-order valence-corrected chi connectivity index (χ1v) is 9.77. The maximum absolute atomic E-state index is 12.5. The number of nitriles is 1. The molecule has 0 radical (unpaired) electrons. The molecule has 5 rings (SSSR count). The van der Waals surface area contributed by atoms with Crippen molar-refractivity contribution in [3.63, 3.8) is 0 Å². The average Bonchev–Trinajstić information content (AvgIpc) is 3.22. The summed E-state index contributed by atoms with van der Waals surface area (Å²) in [4.78, 5) is 23.8. The molecule has 11 heteroatoms. The third kappa shape index (κ3) is 3.33. The van der Waals surface area contributed by atoms with Crippen molar-refractivity contribution in [2.24, 2.45) is 5.92 Å². The summed E-state index contributed by atoms with van der Waals surface area (Å²) < 4.78 is 0. The van der Waals surface area contributed by atoms with Crippen LogP contribution in [0.2, 0.25) is 0 Å². The van der Waals surface area contributed by atoms with Crippen molar-refractivity contribution in [1.29, 1.82) is 5.26 Å². The van der Waals surface area contributed by atoms with E-state index >= 15 is 0 Å². The van der Waals surface area contributed by atoms with Crippen molar-refractivity contribution in [2.45, 2.75) is 19.3 Å². The van der Waals surface area contributed by atoms with Crippen molar-refractivity contribution in [2.75, 3.05) is 34.2 Å². The molecule has 4 heterocycles. The summed E-state index contributed by atoms with van der Waals surface area (Å²) in [6.07, 6.45) is 3.95. The molecule has 0 amide bonds. The third-order valence-corrected chi connectivity index (χ3v) is 5.46. The highest BCUT2D eigenvalue weighted by atomic mass is 16.1. The van der Waals surface area contributed by atoms with E-state index in [9.17, 15) is 4.79 Å². The van der Waals surface area contributed by atoms with Crippen molar-refractivity contribution in [1.82, 2.24) is 25.7 Å².